The number of hydrogen-bond donors (Lipinski definition) is 2. The molecule has 1 aliphatic carbocycles. The van der Waals surface area contributed by atoms with Crippen molar-refractivity contribution in [2.45, 2.75) is 85.0 Å². The Balaban J connectivity index is 1.83. The van der Waals surface area contributed by atoms with E-state index in [0.29, 0.717) is 29.2 Å². The smallest absolute Gasteiger partial charge is 0.356 e. The molecule has 3 rings (SSSR count). The highest BCUT2D eigenvalue weighted by molar-refractivity contribution is 7.60. The third-order valence-corrected chi connectivity index (χ3v) is 7.77. The quantitative estimate of drug-likeness (QED) is 0.412. The van der Waals surface area contributed by atoms with Crippen molar-refractivity contribution < 1.29 is 23.5 Å². The van der Waals surface area contributed by atoms with E-state index in [0.717, 1.165) is 29.9 Å². The molecule has 0 atom stereocenters. The van der Waals surface area contributed by atoms with Gasteiger partial charge in [0.2, 0.25) is 0 Å². The van der Waals surface area contributed by atoms with Crippen molar-refractivity contribution in [2.24, 2.45) is 5.92 Å². The van der Waals surface area contributed by atoms with Crippen molar-refractivity contribution >= 4 is 12.9 Å². The van der Waals surface area contributed by atoms with E-state index in [9.17, 15) is 14.4 Å². The highest BCUT2D eigenvalue weighted by Gasteiger charge is 2.26. The van der Waals surface area contributed by atoms with Gasteiger partial charge in [-0.2, -0.15) is 0 Å². The number of unbranched alkanes of at least 4 members (excludes halogenated alkanes) is 1. The van der Waals surface area contributed by atoms with Crippen LogP contribution in [0.3, 0.4) is 0 Å². The Kier molecular flexibility index (Phi) is 8.19. The SMILES string of the molecule is CCCC[C@H]1CC[C@H](c2ccc(Oc3c(C)cc(P(=O)(O)O)cc3C)c(F)c2CC)CC1. The lowest BCUT2D eigenvalue weighted by Crippen LogP contribution is -2.15. The first-order valence-electron chi connectivity index (χ1n) is 11.8. The molecule has 0 saturated heterocycles. The average molecular weight is 463 g/mol. The summed E-state index contributed by atoms with van der Waals surface area (Å²) in [5, 5.41) is -0.0561. The fourth-order valence-electron chi connectivity index (χ4n) is 5.06. The molecule has 0 radical (unpaired) electrons. The van der Waals surface area contributed by atoms with E-state index >= 15 is 4.39 Å². The molecular formula is C26H36FO4P. The average Bonchev–Trinajstić information content (AvgIpc) is 2.75. The van der Waals surface area contributed by atoms with E-state index in [1.807, 2.05) is 13.0 Å². The van der Waals surface area contributed by atoms with E-state index in [4.69, 9.17) is 4.74 Å². The van der Waals surface area contributed by atoms with Gasteiger partial charge in [0.15, 0.2) is 11.6 Å². The van der Waals surface area contributed by atoms with Gasteiger partial charge in [-0.15, -0.1) is 0 Å². The third-order valence-electron chi connectivity index (χ3n) is 6.84. The summed E-state index contributed by atoms with van der Waals surface area (Å²) >= 11 is 0. The molecule has 2 N–H and O–H groups in total. The fraction of sp³-hybridized carbons (Fsp3) is 0.538. The Morgan fingerprint density at radius 2 is 1.69 bits per heavy atom. The molecule has 4 nitrogen and oxygen atoms in total. The Morgan fingerprint density at radius 1 is 1.06 bits per heavy atom. The van der Waals surface area contributed by atoms with Gasteiger partial charge in [0.25, 0.3) is 0 Å². The van der Waals surface area contributed by atoms with Gasteiger partial charge in [-0.1, -0.05) is 39.2 Å². The van der Waals surface area contributed by atoms with E-state index in [1.54, 1.807) is 19.9 Å². The van der Waals surface area contributed by atoms with Crippen LogP contribution in [0.1, 0.15) is 87.0 Å². The van der Waals surface area contributed by atoms with Crippen LogP contribution < -0.4 is 10.0 Å². The second-order valence-corrected chi connectivity index (χ2v) is 10.8. The summed E-state index contributed by atoms with van der Waals surface area (Å²) in [6, 6.07) is 6.55. The van der Waals surface area contributed by atoms with Crippen LogP contribution in [-0.4, -0.2) is 9.79 Å². The number of halogens is 1. The first-order chi connectivity index (χ1) is 15.2. The van der Waals surface area contributed by atoms with Crippen molar-refractivity contribution in [3.63, 3.8) is 0 Å². The second-order valence-electron chi connectivity index (χ2n) is 9.21. The normalized spacial score (nSPS) is 19.2. The van der Waals surface area contributed by atoms with Gasteiger partial charge in [0, 0.05) is 0 Å². The zero-order valence-electron chi connectivity index (χ0n) is 19.7. The lowest BCUT2D eigenvalue weighted by atomic mass is 9.75. The van der Waals surface area contributed by atoms with Crippen molar-refractivity contribution in [1.82, 2.24) is 0 Å². The zero-order valence-corrected chi connectivity index (χ0v) is 20.6. The maximum Gasteiger partial charge on any atom is 0.356 e. The van der Waals surface area contributed by atoms with E-state index in [2.05, 4.69) is 6.92 Å². The molecule has 1 fully saturated rings. The van der Waals surface area contributed by atoms with Crippen LogP contribution in [-0.2, 0) is 11.0 Å². The molecule has 2 aromatic rings. The molecule has 1 saturated carbocycles. The van der Waals surface area contributed by atoms with Gasteiger partial charge in [0.05, 0.1) is 5.30 Å². The summed E-state index contributed by atoms with van der Waals surface area (Å²) in [6.45, 7) is 7.64. The van der Waals surface area contributed by atoms with Crippen molar-refractivity contribution in [2.75, 3.05) is 0 Å². The van der Waals surface area contributed by atoms with Gasteiger partial charge in [0.1, 0.15) is 5.75 Å². The van der Waals surface area contributed by atoms with E-state index in [1.165, 1.54) is 44.2 Å². The minimum Gasteiger partial charge on any atom is -0.454 e. The largest absolute Gasteiger partial charge is 0.454 e. The van der Waals surface area contributed by atoms with Crippen LogP contribution in [0.5, 0.6) is 11.5 Å². The zero-order chi connectivity index (χ0) is 23.5. The first kappa shape index (κ1) is 25.0. The summed E-state index contributed by atoms with van der Waals surface area (Å²) in [7, 11) is -4.36. The van der Waals surface area contributed by atoms with Crippen LogP contribution in [0.15, 0.2) is 24.3 Å². The lowest BCUT2D eigenvalue weighted by Gasteiger charge is -2.30. The van der Waals surface area contributed by atoms with Crippen molar-refractivity contribution in [3.8, 4) is 11.5 Å². The summed E-state index contributed by atoms with van der Waals surface area (Å²) in [5.41, 5.74) is 2.96. The number of hydrogen-bond acceptors (Lipinski definition) is 2. The van der Waals surface area contributed by atoms with Crippen LogP contribution in [0.2, 0.25) is 0 Å². The number of benzene rings is 2. The number of aryl methyl sites for hydroxylation is 2. The molecule has 2 aromatic carbocycles. The maximum atomic E-state index is 15.5. The first-order valence-corrected chi connectivity index (χ1v) is 13.4. The molecular weight excluding hydrogens is 426 g/mol. The molecule has 6 heteroatoms. The summed E-state index contributed by atoms with van der Waals surface area (Å²) in [4.78, 5) is 18.9. The minimum atomic E-state index is -4.36. The summed E-state index contributed by atoms with van der Waals surface area (Å²) in [6.07, 6.45) is 9.12. The molecule has 1 aliphatic rings. The second kappa shape index (κ2) is 10.5. The Bertz CT molecular complexity index is 967. The van der Waals surface area contributed by atoms with Crippen molar-refractivity contribution in [1.29, 1.82) is 0 Å². The standard InChI is InChI=1S/C26H36FO4P/c1-5-7-8-19-9-11-20(12-10-19)23-13-14-24(25(27)22(23)6-2)31-26-17(3)15-21(16-18(26)4)32(28,29)30/h13-16,19-20H,5-12H2,1-4H3,(H2,28,29,30)/t19-,20-. The fourth-order valence-corrected chi connectivity index (χ4v) is 5.78. The molecule has 32 heavy (non-hydrogen) atoms. The highest BCUT2D eigenvalue weighted by Crippen LogP contribution is 2.42. The predicted molar refractivity (Wildman–Crippen MR) is 128 cm³/mol. The minimum absolute atomic E-state index is 0.0561. The molecule has 0 aliphatic heterocycles. The monoisotopic (exact) mass is 462 g/mol. The van der Waals surface area contributed by atoms with Gasteiger partial charge in [-0.05, 0) is 98.2 Å². The molecule has 0 bridgehead atoms. The summed E-state index contributed by atoms with van der Waals surface area (Å²) < 4.78 is 33.1. The van der Waals surface area contributed by atoms with Crippen LogP contribution in [0.4, 0.5) is 4.39 Å². The maximum absolute atomic E-state index is 15.5. The van der Waals surface area contributed by atoms with E-state index in [-0.39, 0.29) is 16.9 Å². The van der Waals surface area contributed by atoms with Crippen LogP contribution >= 0.6 is 7.60 Å². The van der Waals surface area contributed by atoms with Crippen LogP contribution in [0, 0.1) is 25.6 Å². The van der Waals surface area contributed by atoms with Crippen LogP contribution in [0.25, 0.3) is 0 Å². The molecule has 0 spiro atoms. The lowest BCUT2D eigenvalue weighted by molar-refractivity contribution is 0.303. The third kappa shape index (κ3) is 5.62. The Morgan fingerprint density at radius 3 is 2.22 bits per heavy atom. The van der Waals surface area contributed by atoms with Gasteiger partial charge >= 0.3 is 7.60 Å². The van der Waals surface area contributed by atoms with E-state index < -0.39 is 7.60 Å². The van der Waals surface area contributed by atoms with Gasteiger partial charge in [-0.25, -0.2) is 4.39 Å². The van der Waals surface area contributed by atoms with Gasteiger partial charge < -0.3 is 14.5 Å². The highest BCUT2D eigenvalue weighted by atomic mass is 31.2. The number of ether oxygens (including phenoxy) is 1. The molecule has 0 unspecified atom stereocenters. The Hall–Kier alpha value is -1.68. The summed E-state index contributed by atoms with van der Waals surface area (Å²) in [5.74, 6) is 1.49. The Labute approximate surface area is 191 Å². The predicted octanol–water partition coefficient (Wildman–Crippen LogP) is 7.06. The molecule has 176 valence electrons. The topological polar surface area (TPSA) is 66.8 Å². The molecule has 0 aromatic heterocycles. The molecule has 0 amide bonds. The van der Waals surface area contributed by atoms with Gasteiger partial charge in [-0.3, -0.25) is 4.57 Å². The molecule has 0 heterocycles. The number of rotatable bonds is 8. The van der Waals surface area contributed by atoms with Crippen molar-refractivity contribution in [3.05, 3.63) is 52.3 Å².